The van der Waals surface area contributed by atoms with Crippen LogP contribution in [0, 0.1) is 0 Å². The van der Waals surface area contributed by atoms with Gasteiger partial charge in [-0.2, -0.15) is 0 Å². The Kier molecular flexibility index (Phi) is 4.15. The summed E-state index contributed by atoms with van der Waals surface area (Å²) in [4.78, 5) is 0. The Balaban J connectivity index is 2.31. The van der Waals surface area contributed by atoms with E-state index in [1.54, 1.807) is 13.0 Å². The Labute approximate surface area is 118 Å². The van der Waals surface area contributed by atoms with E-state index in [0.717, 1.165) is 11.3 Å². The van der Waals surface area contributed by atoms with E-state index in [0.29, 0.717) is 5.56 Å². The molecule has 2 atom stereocenters. The molecule has 20 heavy (non-hydrogen) atoms. The van der Waals surface area contributed by atoms with Crippen LogP contribution in [0.4, 0.5) is 5.69 Å². The van der Waals surface area contributed by atoms with Crippen LogP contribution in [0.1, 0.15) is 37.1 Å². The summed E-state index contributed by atoms with van der Waals surface area (Å²) < 4.78 is 0. The lowest BCUT2D eigenvalue weighted by atomic mass is 10.0. The van der Waals surface area contributed by atoms with Gasteiger partial charge in [-0.1, -0.05) is 24.3 Å². The normalized spacial score (nSPS) is 13.8. The zero-order chi connectivity index (χ0) is 14.7. The molecule has 0 aromatic heterocycles. The number of phenolic OH excluding ortho intramolecular Hbond substituents is 2. The summed E-state index contributed by atoms with van der Waals surface area (Å²) in [6.45, 7) is 3.54. The van der Waals surface area contributed by atoms with Crippen LogP contribution >= 0.6 is 0 Å². The summed E-state index contributed by atoms with van der Waals surface area (Å²) in [6, 6.07) is 11.8. The standard InChI is InChI=1S/C16H19NO3/c1-10(16-14(19)8-5-9-15(16)20)17-13-7-4-3-6-12(13)11(2)18/h3-11,17-20H,1-2H3. The summed E-state index contributed by atoms with van der Waals surface area (Å²) >= 11 is 0. The third-order valence-electron chi connectivity index (χ3n) is 3.28. The number of hydrogen-bond donors (Lipinski definition) is 4. The molecule has 0 bridgehead atoms. The molecule has 106 valence electrons. The van der Waals surface area contributed by atoms with Crippen molar-refractivity contribution in [2.45, 2.75) is 26.0 Å². The van der Waals surface area contributed by atoms with Crippen LogP contribution in [0.25, 0.3) is 0 Å². The number of rotatable bonds is 4. The maximum atomic E-state index is 9.87. The number of phenols is 2. The monoisotopic (exact) mass is 273 g/mol. The van der Waals surface area contributed by atoms with E-state index in [-0.39, 0.29) is 17.5 Å². The lowest BCUT2D eigenvalue weighted by Gasteiger charge is -2.21. The molecule has 0 aliphatic rings. The lowest BCUT2D eigenvalue weighted by molar-refractivity contribution is 0.200. The van der Waals surface area contributed by atoms with Crippen molar-refractivity contribution in [1.82, 2.24) is 0 Å². The van der Waals surface area contributed by atoms with E-state index in [1.807, 2.05) is 31.2 Å². The quantitative estimate of drug-likeness (QED) is 0.689. The van der Waals surface area contributed by atoms with Crippen LogP contribution in [0.2, 0.25) is 0 Å². The minimum atomic E-state index is -0.594. The second kappa shape index (κ2) is 5.84. The Morgan fingerprint density at radius 2 is 1.50 bits per heavy atom. The second-order valence-corrected chi connectivity index (χ2v) is 4.84. The van der Waals surface area contributed by atoms with E-state index in [9.17, 15) is 15.3 Å². The Morgan fingerprint density at radius 1 is 0.900 bits per heavy atom. The second-order valence-electron chi connectivity index (χ2n) is 4.84. The lowest BCUT2D eigenvalue weighted by Crippen LogP contribution is -2.09. The molecular weight excluding hydrogens is 254 g/mol. The number of aliphatic hydroxyl groups excluding tert-OH is 1. The predicted octanol–water partition coefficient (Wildman–Crippen LogP) is 3.32. The van der Waals surface area contributed by atoms with Gasteiger partial charge in [0.05, 0.1) is 17.7 Å². The fourth-order valence-electron chi connectivity index (χ4n) is 2.28. The first kappa shape index (κ1) is 14.2. The highest BCUT2D eigenvalue weighted by atomic mass is 16.3. The summed E-state index contributed by atoms with van der Waals surface area (Å²) in [5.74, 6) is 0.0825. The minimum absolute atomic E-state index is 0.0412. The average Bonchev–Trinajstić information content (AvgIpc) is 2.38. The van der Waals surface area contributed by atoms with Gasteiger partial charge in [0.2, 0.25) is 0 Å². The van der Waals surface area contributed by atoms with Crippen molar-refractivity contribution >= 4 is 5.69 Å². The maximum absolute atomic E-state index is 9.87. The van der Waals surface area contributed by atoms with Crippen molar-refractivity contribution in [3.05, 3.63) is 53.6 Å². The highest BCUT2D eigenvalue weighted by Crippen LogP contribution is 2.35. The van der Waals surface area contributed by atoms with Crippen LogP contribution in [-0.2, 0) is 0 Å². The summed E-state index contributed by atoms with van der Waals surface area (Å²) in [5, 5.41) is 32.7. The highest BCUT2D eigenvalue weighted by molar-refractivity contribution is 5.56. The van der Waals surface area contributed by atoms with Crippen molar-refractivity contribution in [3.8, 4) is 11.5 Å². The van der Waals surface area contributed by atoms with Gasteiger partial charge in [0.1, 0.15) is 11.5 Å². The molecule has 2 rings (SSSR count). The van der Waals surface area contributed by atoms with Crippen LogP contribution in [0.5, 0.6) is 11.5 Å². The van der Waals surface area contributed by atoms with Gasteiger partial charge < -0.3 is 20.6 Å². The number of para-hydroxylation sites is 1. The molecule has 0 radical (unpaired) electrons. The number of aliphatic hydroxyl groups is 1. The van der Waals surface area contributed by atoms with E-state index >= 15 is 0 Å². The summed E-state index contributed by atoms with van der Waals surface area (Å²) in [5.41, 5.74) is 1.99. The van der Waals surface area contributed by atoms with Gasteiger partial charge in [0.15, 0.2) is 0 Å². The van der Waals surface area contributed by atoms with Gasteiger partial charge in [-0.05, 0) is 32.0 Å². The molecule has 0 saturated heterocycles. The molecular formula is C16H19NO3. The molecule has 0 amide bonds. The predicted molar refractivity (Wildman–Crippen MR) is 78.9 cm³/mol. The Bertz CT molecular complexity index is 576. The number of anilines is 1. The Morgan fingerprint density at radius 3 is 2.10 bits per heavy atom. The third-order valence-corrected chi connectivity index (χ3v) is 3.28. The number of benzene rings is 2. The Hall–Kier alpha value is -2.20. The fraction of sp³-hybridized carbons (Fsp3) is 0.250. The molecule has 4 nitrogen and oxygen atoms in total. The summed E-state index contributed by atoms with van der Waals surface area (Å²) in [7, 11) is 0. The maximum Gasteiger partial charge on any atom is 0.124 e. The smallest absolute Gasteiger partial charge is 0.124 e. The molecule has 2 unspecified atom stereocenters. The van der Waals surface area contributed by atoms with Crippen LogP contribution in [0.15, 0.2) is 42.5 Å². The van der Waals surface area contributed by atoms with Crippen LogP contribution < -0.4 is 5.32 Å². The van der Waals surface area contributed by atoms with Gasteiger partial charge in [0, 0.05) is 11.3 Å². The van der Waals surface area contributed by atoms with E-state index in [1.165, 1.54) is 12.1 Å². The zero-order valence-corrected chi connectivity index (χ0v) is 11.5. The number of nitrogens with one attached hydrogen (secondary N) is 1. The molecule has 0 spiro atoms. The van der Waals surface area contributed by atoms with Crippen LogP contribution in [-0.4, -0.2) is 15.3 Å². The minimum Gasteiger partial charge on any atom is -0.507 e. The fourth-order valence-corrected chi connectivity index (χ4v) is 2.28. The van der Waals surface area contributed by atoms with Crippen molar-refractivity contribution in [2.24, 2.45) is 0 Å². The SMILES string of the molecule is CC(O)c1ccccc1NC(C)c1c(O)cccc1O. The van der Waals surface area contributed by atoms with Crippen molar-refractivity contribution in [1.29, 1.82) is 0 Å². The molecule has 0 aliphatic heterocycles. The molecule has 4 N–H and O–H groups in total. The van der Waals surface area contributed by atoms with Gasteiger partial charge in [-0.3, -0.25) is 0 Å². The number of aromatic hydroxyl groups is 2. The first-order chi connectivity index (χ1) is 9.50. The molecule has 0 heterocycles. The van der Waals surface area contributed by atoms with E-state index < -0.39 is 6.10 Å². The molecule has 4 heteroatoms. The largest absolute Gasteiger partial charge is 0.507 e. The molecule has 0 fully saturated rings. The van der Waals surface area contributed by atoms with E-state index in [4.69, 9.17) is 0 Å². The summed E-state index contributed by atoms with van der Waals surface area (Å²) in [6.07, 6.45) is -0.594. The molecule has 2 aromatic rings. The van der Waals surface area contributed by atoms with Crippen LogP contribution in [0.3, 0.4) is 0 Å². The van der Waals surface area contributed by atoms with Crippen molar-refractivity contribution < 1.29 is 15.3 Å². The van der Waals surface area contributed by atoms with Crippen molar-refractivity contribution in [3.63, 3.8) is 0 Å². The van der Waals surface area contributed by atoms with Crippen molar-refractivity contribution in [2.75, 3.05) is 5.32 Å². The number of hydrogen-bond acceptors (Lipinski definition) is 4. The van der Waals surface area contributed by atoms with Gasteiger partial charge >= 0.3 is 0 Å². The first-order valence-electron chi connectivity index (χ1n) is 6.55. The molecule has 0 saturated carbocycles. The molecule has 2 aromatic carbocycles. The topological polar surface area (TPSA) is 72.7 Å². The zero-order valence-electron chi connectivity index (χ0n) is 11.5. The average molecular weight is 273 g/mol. The molecule has 0 aliphatic carbocycles. The van der Waals surface area contributed by atoms with Gasteiger partial charge in [-0.25, -0.2) is 0 Å². The van der Waals surface area contributed by atoms with Gasteiger partial charge in [-0.15, -0.1) is 0 Å². The van der Waals surface area contributed by atoms with Gasteiger partial charge in [0.25, 0.3) is 0 Å². The highest BCUT2D eigenvalue weighted by Gasteiger charge is 2.16. The van der Waals surface area contributed by atoms with E-state index in [2.05, 4.69) is 5.32 Å². The first-order valence-corrected chi connectivity index (χ1v) is 6.55. The third kappa shape index (κ3) is 2.86.